The average molecular weight is 705 g/mol. The Morgan fingerprint density at radius 2 is 1.35 bits per heavy atom. The molecule has 2 aliphatic heterocycles. The van der Waals surface area contributed by atoms with Crippen LogP contribution in [0.1, 0.15) is 30.0 Å². The molecule has 0 radical (unpaired) electrons. The van der Waals surface area contributed by atoms with E-state index in [0.717, 1.165) is 11.1 Å². The Morgan fingerprint density at radius 3 is 1.96 bits per heavy atom. The number of Topliss-reactive ketones (excluding diaryl/α,β-unsaturated/α-hetero) is 1. The first-order valence-electron chi connectivity index (χ1n) is 16.9. The van der Waals surface area contributed by atoms with Crippen LogP contribution in [0.15, 0.2) is 109 Å². The Balaban J connectivity index is 1.25. The third kappa shape index (κ3) is 7.63. The van der Waals surface area contributed by atoms with Gasteiger partial charge in [0.15, 0.2) is 18.4 Å². The second kappa shape index (κ2) is 15.5. The number of carbonyl (C=O) groups is 1. The molecule has 3 aromatic carbocycles. The van der Waals surface area contributed by atoms with Crippen molar-refractivity contribution in [1.82, 2.24) is 0 Å². The van der Waals surface area contributed by atoms with Crippen LogP contribution in [0.5, 0.6) is 0 Å². The molecule has 0 spiro atoms. The van der Waals surface area contributed by atoms with E-state index in [1.165, 1.54) is 6.08 Å². The molecule has 272 valence electrons. The van der Waals surface area contributed by atoms with Crippen LogP contribution in [0.25, 0.3) is 5.57 Å². The van der Waals surface area contributed by atoms with E-state index in [9.17, 15) is 40.5 Å². The number of rotatable bonds is 10. The van der Waals surface area contributed by atoms with Gasteiger partial charge in [-0.05, 0) is 29.7 Å². The van der Waals surface area contributed by atoms with E-state index < -0.39 is 79.0 Å². The molecule has 12 nitrogen and oxygen atoms in total. The Bertz CT molecular complexity index is 1630. The summed E-state index contributed by atoms with van der Waals surface area (Å²) in [5.41, 5.74) is -0.503. The molecule has 2 heterocycles. The van der Waals surface area contributed by atoms with Crippen LogP contribution in [0, 0.1) is 0 Å². The molecule has 0 saturated carbocycles. The van der Waals surface area contributed by atoms with Crippen molar-refractivity contribution in [2.45, 2.75) is 85.8 Å². The van der Waals surface area contributed by atoms with Crippen molar-refractivity contribution in [3.63, 3.8) is 0 Å². The maximum Gasteiger partial charge on any atom is 0.187 e. The second-order valence-corrected chi connectivity index (χ2v) is 13.4. The van der Waals surface area contributed by atoms with Gasteiger partial charge in [-0.2, -0.15) is 0 Å². The minimum atomic E-state index is -1.69. The van der Waals surface area contributed by atoms with E-state index in [4.69, 9.17) is 18.9 Å². The van der Waals surface area contributed by atoms with E-state index in [1.54, 1.807) is 19.1 Å². The summed E-state index contributed by atoms with van der Waals surface area (Å²) in [6.07, 6.45) is -9.61. The predicted octanol–water partition coefficient (Wildman–Crippen LogP) is 0.985. The first-order valence-corrected chi connectivity index (χ1v) is 16.9. The zero-order valence-corrected chi connectivity index (χ0v) is 28.0. The third-order valence-corrected chi connectivity index (χ3v) is 9.74. The summed E-state index contributed by atoms with van der Waals surface area (Å²) >= 11 is 0. The normalized spacial score (nSPS) is 34.6. The lowest BCUT2D eigenvalue weighted by atomic mass is 9.60. The lowest BCUT2D eigenvalue weighted by molar-refractivity contribution is -0.324. The van der Waals surface area contributed by atoms with Gasteiger partial charge in [0.2, 0.25) is 0 Å². The molecule has 7 N–H and O–H groups in total. The fraction of sp³-hybridized carbons (Fsp3) is 0.410. The molecule has 0 amide bonds. The number of benzene rings is 3. The summed E-state index contributed by atoms with van der Waals surface area (Å²) in [6, 6.07) is 27.8. The molecule has 3 aromatic rings. The molecule has 1 unspecified atom stereocenters. The zero-order chi connectivity index (χ0) is 36.3. The number of hydrogen-bond donors (Lipinski definition) is 7. The standard InChI is InChI=1S/C39H44O12/c1-23(50-37-34(45)32(43)31(42)29(51-37)21-49-36-33(44)30(41)28(40)20-48-36)17-18-38(47)19-27(24-11-5-2-6-12-24)35(46)39(22-38,25-13-7-3-8-14-25)26-15-9-4-10-16-26/h2-19,23,28-34,36-37,40-45,47H,20-22H2,1H3/b18-17+/t23?,28-,29-,30+,31-,32+,33-,34-,36+,37-,38-/m1/s1. The third-order valence-electron chi connectivity index (χ3n) is 9.74. The highest BCUT2D eigenvalue weighted by molar-refractivity contribution is 6.27. The van der Waals surface area contributed by atoms with Gasteiger partial charge in [0.1, 0.15) is 48.3 Å². The number of carbonyl (C=O) groups excluding carboxylic acids is 1. The summed E-state index contributed by atoms with van der Waals surface area (Å²) < 4.78 is 22.4. The molecule has 3 aliphatic rings. The molecule has 6 rings (SSSR count). The van der Waals surface area contributed by atoms with Crippen LogP contribution in [0.4, 0.5) is 0 Å². The molecular weight excluding hydrogens is 660 g/mol. The summed E-state index contributed by atoms with van der Waals surface area (Å²) in [7, 11) is 0. The fourth-order valence-electron chi connectivity index (χ4n) is 6.96. The van der Waals surface area contributed by atoms with Gasteiger partial charge in [0.25, 0.3) is 0 Å². The minimum absolute atomic E-state index is 0.0277. The smallest absolute Gasteiger partial charge is 0.187 e. The van der Waals surface area contributed by atoms with Gasteiger partial charge in [0.05, 0.1) is 24.7 Å². The topological polar surface area (TPSA) is 196 Å². The number of aliphatic hydroxyl groups excluding tert-OH is 6. The average Bonchev–Trinajstić information content (AvgIpc) is 3.15. The number of hydrogen-bond acceptors (Lipinski definition) is 12. The van der Waals surface area contributed by atoms with Gasteiger partial charge in [-0.3, -0.25) is 4.79 Å². The lowest BCUT2D eigenvalue weighted by Gasteiger charge is -2.43. The SMILES string of the molecule is CC(/C=C/[C@@]1(O)C=C(c2ccccc2)C(=O)C(c2ccccc2)(c2ccccc2)C1)O[C@@H]1O[C@H](CO[C@@H]2OC[C@@H](O)[C@H](O)[C@H]2O)[C@@H](O)[C@H](O)[C@H]1O. The van der Waals surface area contributed by atoms with Crippen LogP contribution < -0.4 is 0 Å². The predicted molar refractivity (Wildman–Crippen MR) is 183 cm³/mol. The van der Waals surface area contributed by atoms with Crippen LogP contribution in [-0.4, -0.2) is 122 Å². The molecule has 12 heteroatoms. The van der Waals surface area contributed by atoms with Crippen LogP contribution in [-0.2, 0) is 29.2 Å². The van der Waals surface area contributed by atoms with Gasteiger partial charge in [-0.1, -0.05) is 103 Å². The van der Waals surface area contributed by atoms with Crippen molar-refractivity contribution in [1.29, 1.82) is 0 Å². The lowest BCUT2D eigenvalue weighted by Crippen LogP contribution is -2.60. The minimum Gasteiger partial charge on any atom is -0.388 e. The molecular formula is C39H44O12. The van der Waals surface area contributed by atoms with Crippen LogP contribution in [0.3, 0.4) is 0 Å². The van der Waals surface area contributed by atoms with Gasteiger partial charge in [0, 0.05) is 12.0 Å². The van der Waals surface area contributed by atoms with Crippen LogP contribution >= 0.6 is 0 Å². The molecule has 11 atom stereocenters. The fourth-order valence-corrected chi connectivity index (χ4v) is 6.96. The highest BCUT2D eigenvalue weighted by Gasteiger charge is 2.52. The number of allylic oxidation sites excluding steroid dienone is 1. The second-order valence-electron chi connectivity index (χ2n) is 13.4. The van der Waals surface area contributed by atoms with Crippen molar-refractivity contribution < 1.29 is 59.5 Å². The Labute approximate surface area is 295 Å². The summed E-state index contributed by atoms with van der Waals surface area (Å²) in [5, 5.41) is 74.1. The quantitative estimate of drug-likeness (QED) is 0.148. The first kappa shape index (κ1) is 37.1. The molecule has 0 aromatic heterocycles. The highest BCUT2D eigenvalue weighted by atomic mass is 16.7. The summed E-state index contributed by atoms with van der Waals surface area (Å²) in [4.78, 5) is 14.7. The van der Waals surface area contributed by atoms with Crippen molar-refractivity contribution in [3.8, 4) is 0 Å². The molecule has 51 heavy (non-hydrogen) atoms. The molecule has 2 saturated heterocycles. The number of aliphatic hydroxyl groups is 7. The Hall–Kier alpha value is -3.63. The molecule has 0 bridgehead atoms. The van der Waals surface area contributed by atoms with Gasteiger partial charge < -0.3 is 54.7 Å². The molecule has 1 aliphatic carbocycles. The number of ketones is 1. The highest BCUT2D eigenvalue weighted by Crippen LogP contribution is 2.48. The van der Waals surface area contributed by atoms with Crippen molar-refractivity contribution in [2.75, 3.05) is 13.2 Å². The van der Waals surface area contributed by atoms with Gasteiger partial charge >= 0.3 is 0 Å². The van der Waals surface area contributed by atoms with E-state index in [1.807, 2.05) is 91.0 Å². The van der Waals surface area contributed by atoms with Gasteiger partial charge in [-0.15, -0.1) is 0 Å². The molecule has 2 fully saturated rings. The summed E-state index contributed by atoms with van der Waals surface area (Å²) in [5.74, 6) is -0.162. The maximum absolute atomic E-state index is 14.7. The van der Waals surface area contributed by atoms with Crippen molar-refractivity contribution in [3.05, 3.63) is 126 Å². The first-order chi connectivity index (χ1) is 24.4. The van der Waals surface area contributed by atoms with E-state index in [0.29, 0.717) is 11.1 Å². The number of ether oxygens (including phenoxy) is 4. The maximum atomic E-state index is 14.7. The van der Waals surface area contributed by atoms with Gasteiger partial charge in [-0.25, -0.2) is 0 Å². The largest absolute Gasteiger partial charge is 0.388 e. The Morgan fingerprint density at radius 1 is 0.784 bits per heavy atom. The Kier molecular flexibility index (Phi) is 11.3. The van der Waals surface area contributed by atoms with Crippen molar-refractivity contribution >= 4 is 11.4 Å². The van der Waals surface area contributed by atoms with Crippen molar-refractivity contribution in [2.24, 2.45) is 0 Å². The summed E-state index contributed by atoms with van der Waals surface area (Å²) in [6.45, 7) is 0.908. The van der Waals surface area contributed by atoms with E-state index in [2.05, 4.69) is 0 Å². The zero-order valence-electron chi connectivity index (χ0n) is 28.0. The van der Waals surface area contributed by atoms with Crippen LogP contribution in [0.2, 0.25) is 0 Å². The van der Waals surface area contributed by atoms with E-state index in [-0.39, 0.29) is 18.8 Å². The monoisotopic (exact) mass is 704 g/mol. The van der Waals surface area contributed by atoms with E-state index >= 15 is 0 Å².